The monoisotopic (exact) mass is 269 g/mol. The maximum Gasteiger partial charge on any atom is 0.416 e. The highest BCUT2D eigenvalue weighted by Gasteiger charge is 2.30. The minimum Gasteiger partial charge on any atom is -0.244 e. The molecule has 0 atom stereocenters. The molecule has 0 bridgehead atoms. The summed E-state index contributed by atoms with van der Waals surface area (Å²) in [6, 6.07) is 5.81. The van der Waals surface area contributed by atoms with Gasteiger partial charge in [-0.3, -0.25) is 0 Å². The molecule has 98 valence electrons. The van der Waals surface area contributed by atoms with E-state index >= 15 is 0 Å². The molecule has 2 rings (SSSR count). The third-order valence-corrected chi connectivity index (χ3v) is 2.28. The molecule has 19 heavy (non-hydrogen) atoms. The van der Waals surface area contributed by atoms with Crippen LogP contribution in [0.15, 0.2) is 29.1 Å². The van der Waals surface area contributed by atoms with Crippen LogP contribution in [0.5, 0.6) is 0 Å². The average molecular weight is 269 g/mol. The standard InChI is InChI=1S/C10H6F3N5O/c11-10(12,13)7-2-1-3-8(6-7)18-9(19)17(5-4-14)15-16-18/h1-3,6H,5H2. The molecule has 0 aliphatic heterocycles. The molecular weight excluding hydrogens is 263 g/mol. The van der Waals surface area contributed by atoms with Crippen LogP contribution in [0.3, 0.4) is 0 Å². The smallest absolute Gasteiger partial charge is 0.244 e. The molecule has 9 heteroatoms. The molecular formula is C10H6F3N5O. The summed E-state index contributed by atoms with van der Waals surface area (Å²) < 4.78 is 39.1. The number of hydrogen-bond donors (Lipinski definition) is 0. The molecule has 0 fully saturated rings. The van der Waals surface area contributed by atoms with Crippen molar-refractivity contribution in [3.8, 4) is 11.8 Å². The predicted molar refractivity (Wildman–Crippen MR) is 56.2 cm³/mol. The zero-order valence-electron chi connectivity index (χ0n) is 9.29. The highest BCUT2D eigenvalue weighted by Crippen LogP contribution is 2.29. The zero-order valence-corrected chi connectivity index (χ0v) is 9.29. The van der Waals surface area contributed by atoms with E-state index in [0.29, 0.717) is 4.68 Å². The first-order valence-electron chi connectivity index (χ1n) is 5.01. The molecule has 0 saturated heterocycles. The fourth-order valence-corrected chi connectivity index (χ4v) is 1.42. The first-order chi connectivity index (χ1) is 8.93. The second kappa shape index (κ2) is 4.56. The van der Waals surface area contributed by atoms with Gasteiger partial charge in [0.2, 0.25) is 0 Å². The third kappa shape index (κ3) is 2.47. The van der Waals surface area contributed by atoms with Crippen molar-refractivity contribution in [2.45, 2.75) is 12.7 Å². The van der Waals surface area contributed by atoms with E-state index in [1.807, 2.05) is 0 Å². The van der Waals surface area contributed by atoms with Crippen LogP contribution in [0.4, 0.5) is 13.2 Å². The predicted octanol–water partition coefficient (Wildman–Crippen LogP) is 0.971. The average Bonchev–Trinajstić information content (AvgIpc) is 2.71. The van der Waals surface area contributed by atoms with E-state index in [-0.39, 0.29) is 12.2 Å². The Labute approximate surface area is 104 Å². The Morgan fingerprint density at radius 1 is 1.32 bits per heavy atom. The molecule has 0 unspecified atom stereocenters. The first-order valence-corrected chi connectivity index (χ1v) is 5.01. The van der Waals surface area contributed by atoms with Gasteiger partial charge in [0.25, 0.3) is 0 Å². The maximum absolute atomic E-state index is 12.5. The van der Waals surface area contributed by atoms with Gasteiger partial charge in [-0.1, -0.05) is 6.07 Å². The number of nitrogens with zero attached hydrogens (tertiary/aromatic N) is 5. The second-order valence-corrected chi connectivity index (χ2v) is 3.54. The molecule has 1 heterocycles. The molecule has 0 spiro atoms. The second-order valence-electron chi connectivity index (χ2n) is 3.54. The molecule has 0 N–H and O–H groups in total. The fraction of sp³-hybridized carbons (Fsp3) is 0.200. The molecule has 0 aliphatic carbocycles. The summed E-state index contributed by atoms with van der Waals surface area (Å²) >= 11 is 0. The number of tetrazole rings is 1. The molecule has 0 saturated carbocycles. The molecule has 2 aromatic rings. The van der Waals surface area contributed by atoms with Crippen molar-refractivity contribution in [3.63, 3.8) is 0 Å². The van der Waals surface area contributed by atoms with E-state index in [2.05, 4.69) is 10.4 Å². The largest absolute Gasteiger partial charge is 0.416 e. The summed E-state index contributed by atoms with van der Waals surface area (Å²) in [7, 11) is 0. The van der Waals surface area contributed by atoms with Gasteiger partial charge in [-0.25, -0.2) is 4.79 Å². The Bertz CT molecular complexity index is 694. The van der Waals surface area contributed by atoms with Gasteiger partial charge in [0.05, 0.1) is 17.3 Å². The van der Waals surface area contributed by atoms with E-state index < -0.39 is 17.4 Å². The fourth-order valence-electron chi connectivity index (χ4n) is 1.42. The normalized spacial score (nSPS) is 11.3. The third-order valence-electron chi connectivity index (χ3n) is 2.28. The number of alkyl halides is 3. The number of hydrogen-bond acceptors (Lipinski definition) is 4. The Morgan fingerprint density at radius 2 is 2.05 bits per heavy atom. The molecule has 1 aromatic heterocycles. The number of rotatable bonds is 2. The number of nitriles is 1. The van der Waals surface area contributed by atoms with Crippen LogP contribution in [0.2, 0.25) is 0 Å². The van der Waals surface area contributed by atoms with Gasteiger partial charge in [0.15, 0.2) is 0 Å². The summed E-state index contributed by atoms with van der Waals surface area (Å²) in [4.78, 5) is 11.7. The molecule has 0 radical (unpaired) electrons. The van der Waals surface area contributed by atoms with Crippen LogP contribution in [0.1, 0.15) is 5.56 Å². The van der Waals surface area contributed by atoms with Crippen LogP contribution in [-0.2, 0) is 12.7 Å². The van der Waals surface area contributed by atoms with Crippen molar-refractivity contribution in [1.82, 2.24) is 19.8 Å². The highest BCUT2D eigenvalue weighted by atomic mass is 19.4. The summed E-state index contributed by atoms with van der Waals surface area (Å²) in [5.74, 6) is 0. The van der Waals surface area contributed by atoms with Crippen molar-refractivity contribution in [2.24, 2.45) is 0 Å². The van der Waals surface area contributed by atoms with E-state index in [0.717, 1.165) is 22.9 Å². The van der Waals surface area contributed by atoms with E-state index in [1.165, 1.54) is 6.07 Å². The van der Waals surface area contributed by atoms with Crippen LogP contribution in [0.25, 0.3) is 5.69 Å². The summed E-state index contributed by atoms with van der Waals surface area (Å²) in [5, 5.41) is 15.3. The summed E-state index contributed by atoms with van der Waals surface area (Å²) in [6.07, 6.45) is -4.51. The first kappa shape index (κ1) is 12.8. The summed E-state index contributed by atoms with van der Waals surface area (Å²) in [6.45, 7) is -0.322. The highest BCUT2D eigenvalue weighted by molar-refractivity contribution is 5.35. The van der Waals surface area contributed by atoms with Gasteiger partial charge in [-0.15, -0.1) is 0 Å². The van der Waals surface area contributed by atoms with Crippen molar-refractivity contribution in [2.75, 3.05) is 0 Å². The summed E-state index contributed by atoms with van der Waals surface area (Å²) in [5.41, 5.74) is -1.74. The Hall–Kier alpha value is -2.63. The van der Waals surface area contributed by atoms with Gasteiger partial charge in [0.1, 0.15) is 6.54 Å². The lowest BCUT2D eigenvalue weighted by Gasteiger charge is -2.07. The quantitative estimate of drug-likeness (QED) is 0.814. The minimum absolute atomic E-state index is 0.0657. The van der Waals surface area contributed by atoms with Crippen molar-refractivity contribution >= 4 is 0 Å². The van der Waals surface area contributed by atoms with Gasteiger partial charge >= 0.3 is 11.9 Å². The lowest BCUT2D eigenvalue weighted by Crippen LogP contribution is -2.24. The number of benzene rings is 1. The molecule has 1 aromatic carbocycles. The van der Waals surface area contributed by atoms with E-state index in [4.69, 9.17) is 5.26 Å². The molecule has 0 amide bonds. The Balaban J connectivity index is 2.49. The lowest BCUT2D eigenvalue weighted by atomic mass is 10.2. The lowest BCUT2D eigenvalue weighted by molar-refractivity contribution is -0.137. The topological polar surface area (TPSA) is 76.5 Å². The van der Waals surface area contributed by atoms with Gasteiger partial charge in [0, 0.05) is 0 Å². The number of halogens is 3. The van der Waals surface area contributed by atoms with Crippen molar-refractivity contribution in [1.29, 1.82) is 5.26 Å². The number of aromatic nitrogens is 4. The minimum atomic E-state index is -4.51. The SMILES string of the molecule is N#CCn1nnn(-c2cccc(C(F)(F)F)c2)c1=O. The van der Waals surface area contributed by atoms with Crippen LogP contribution in [-0.4, -0.2) is 19.8 Å². The van der Waals surface area contributed by atoms with Crippen LogP contribution >= 0.6 is 0 Å². The van der Waals surface area contributed by atoms with Gasteiger partial charge < -0.3 is 0 Å². The Morgan fingerprint density at radius 3 is 2.68 bits per heavy atom. The van der Waals surface area contributed by atoms with Gasteiger partial charge in [-0.05, 0) is 28.6 Å². The van der Waals surface area contributed by atoms with E-state index in [9.17, 15) is 18.0 Å². The van der Waals surface area contributed by atoms with Crippen molar-refractivity contribution in [3.05, 3.63) is 40.3 Å². The van der Waals surface area contributed by atoms with Crippen LogP contribution in [0, 0.1) is 11.3 Å². The zero-order chi connectivity index (χ0) is 14.0. The molecule has 6 nitrogen and oxygen atoms in total. The maximum atomic E-state index is 12.5. The van der Waals surface area contributed by atoms with Crippen LogP contribution < -0.4 is 5.69 Å². The van der Waals surface area contributed by atoms with Crippen molar-refractivity contribution < 1.29 is 13.2 Å². The molecule has 0 aliphatic rings. The van der Waals surface area contributed by atoms with Gasteiger partial charge in [-0.2, -0.15) is 27.8 Å². The van der Waals surface area contributed by atoms with E-state index in [1.54, 1.807) is 6.07 Å². The Kier molecular flexibility index (Phi) is 3.08.